The van der Waals surface area contributed by atoms with Gasteiger partial charge in [0.2, 0.25) is 0 Å². The van der Waals surface area contributed by atoms with Crippen LogP contribution in [-0.4, -0.2) is 47.2 Å². The van der Waals surface area contributed by atoms with Crippen LogP contribution in [0.3, 0.4) is 0 Å². The van der Waals surface area contributed by atoms with Crippen molar-refractivity contribution in [2.24, 2.45) is 5.92 Å². The molecule has 0 saturated carbocycles. The summed E-state index contributed by atoms with van der Waals surface area (Å²) in [6.07, 6.45) is 1.18. The summed E-state index contributed by atoms with van der Waals surface area (Å²) in [5.41, 5.74) is 0.332. The van der Waals surface area contributed by atoms with Crippen LogP contribution in [0, 0.1) is 28.8 Å². The first kappa shape index (κ1) is 22.9. The van der Waals surface area contributed by atoms with Crippen LogP contribution in [0.1, 0.15) is 28.8 Å². The second-order valence-corrected chi connectivity index (χ2v) is 7.66. The highest BCUT2D eigenvalue weighted by Crippen LogP contribution is 2.25. The molecule has 2 N–H and O–H groups in total. The Morgan fingerprint density at radius 2 is 1.81 bits per heavy atom. The molecule has 2 aromatic carbocycles. The number of rotatable bonds is 5. The zero-order valence-corrected chi connectivity index (χ0v) is 17.5. The summed E-state index contributed by atoms with van der Waals surface area (Å²) < 4.78 is 13.8. The minimum atomic E-state index is -0.996. The molecule has 0 aliphatic carbocycles. The third kappa shape index (κ3) is 5.45. The number of hydrogen-bond acceptors (Lipinski definition) is 5. The first-order valence-corrected chi connectivity index (χ1v) is 10.1. The van der Waals surface area contributed by atoms with E-state index < -0.39 is 22.6 Å². The molecule has 0 unspecified atom stereocenters. The first-order chi connectivity index (χ1) is 15.3. The summed E-state index contributed by atoms with van der Waals surface area (Å²) in [7, 11) is 0. The third-order valence-electron chi connectivity index (χ3n) is 5.36. The molecule has 168 valence electrons. The van der Waals surface area contributed by atoms with E-state index in [1.54, 1.807) is 24.0 Å². The highest BCUT2D eigenvalue weighted by Gasteiger charge is 2.26. The van der Waals surface area contributed by atoms with Crippen molar-refractivity contribution in [1.82, 2.24) is 10.2 Å². The Hall–Kier alpha value is -3.82. The Balaban J connectivity index is 1.48. The number of carbonyl (C=O) groups excluding carboxylic acids is 3. The molecule has 1 saturated heterocycles. The molecule has 0 spiro atoms. The molecule has 9 nitrogen and oxygen atoms in total. The molecule has 0 radical (unpaired) electrons. The molecule has 1 heterocycles. The van der Waals surface area contributed by atoms with Crippen molar-refractivity contribution in [3.8, 4) is 0 Å². The van der Waals surface area contributed by atoms with Crippen LogP contribution >= 0.6 is 0 Å². The zero-order chi connectivity index (χ0) is 23.3. The second-order valence-electron chi connectivity index (χ2n) is 7.66. The van der Waals surface area contributed by atoms with Gasteiger partial charge in [0.25, 0.3) is 11.6 Å². The number of nitro groups is 1. The number of aryl methyl sites for hydroxylation is 1. The maximum Gasteiger partial charge on any atom is 0.313 e. The van der Waals surface area contributed by atoms with Gasteiger partial charge < -0.3 is 15.5 Å². The second kappa shape index (κ2) is 9.99. The summed E-state index contributed by atoms with van der Waals surface area (Å²) >= 11 is 0. The highest BCUT2D eigenvalue weighted by atomic mass is 19.1. The van der Waals surface area contributed by atoms with Gasteiger partial charge in [-0.2, -0.15) is 0 Å². The summed E-state index contributed by atoms with van der Waals surface area (Å²) in [5.74, 6) is -2.78. The molecule has 0 atom stereocenters. The van der Waals surface area contributed by atoms with Gasteiger partial charge in [0.05, 0.1) is 10.5 Å². The van der Waals surface area contributed by atoms with E-state index in [0.29, 0.717) is 31.5 Å². The van der Waals surface area contributed by atoms with Crippen molar-refractivity contribution >= 4 is 29.1 Å². The van der Waals surface area contributed by atoms with Gasteiger partial charge in [-0.1, -0.05) is 18.2 Å². The molecule has 2 aromatic rings. The largest absolute Gasteiger partial charge is 0.348 e. The van der Waals surface area contributed by atoms with E-state index in [1.165, 1.54) is 30.3 Å². The Labute approximate surface area is 183 Å². The Morgan fingerprint density at radius 1 is 1.12 bits per heavy atom. The van der Waals surface area contributed by atoms with Gasteiger partial charge >= 0.3 is 11.8 Å². The molecule has 0 aromatic heterocycles. The SMILES string of the molecule is Cc1ccc(NC(=O)C(=O)NCC2CCN(C(=O)c3ccccc3F)CC2)c([N+](=O)[O-])c1. The van der Waals surface area contributed by atoms with Gasteiger partial charge in [-0.25, -0.2) is 4.39 Å². The van der Waals surface area contributed by atoms with Crippen LogP contribution < -0.4 is 10.6 Å². The van der Waals surface area contributed by atoms with Crippen LogP contribution in [0.5, 0.6) is 0 Å². The van der Waals surface area contributed by atoms with Crippen LogP contribution in [-0.2, 0) is 9.59 Å². The molecular formula is C22H23FN4O5. The molecule has 32 heavy (non-hydrogen) atoms. The average Bonchev–Trinajstić information content (AvgIpc) is 2.78. The van der Waals surface area contributed by atoms with Gasteiger partial charge in [-0.15, -0.1) is 0 Å². The molecule has 1 fully saturated rings. The Bertz CT molecular complexity index is 1050. The number of piperidine rings is 1. The number of nitro benzene ring substituents is 1. The topological polar surface area (TPSA) is 122 Å². The number of halogens is 1. The van der Waals surface area contributed by atoms with E-state index in [0.717, 1.165) is 0 Å². The Morgan fingerprint density at radius 3 is 2.47 bits per heavy atom. The number of benzene rings is 2. The Kier molecular flexibility index (Phi) is 7.14. The van der Waals surface area contributed by atoms with E-state index >= 15 is 0 Å². The van der Waals surface area contributed by atoms with Crippen molar-refractivity contribution in [3.05, 3.63) is 69.5 Å². The summed E-state index contributed by atoms with van der Waals surface area (Å²) in [6, 6.07) is 10.1. The number of likely N-dealkylation sites (tertiary alicyclic amines) is 1. The minimum absolute atomic E-state index is 0.0288. The lowest BCUT2D eigenvalue weighted by molar-refractivity contribution is -0.384. The molecular weight excluding hydrogens is 419 g/mol. The predicted octanol–water partition coefficient (Wildman–Crippen LogP) is 2.65. The molecule has 3 amide bonds. The lowest BCUT2D eigenvalue weighted by atomic mass is 9.96. The fraction of sp³-hybridized carbons (Fsp3) is 0.318. The number of hydrogen-bond donors (Lipinski definition) is 2. The lowest BCUT2D eigenvalue weighted by Gasteiger charge is -2.32. The summed E-state index contributed by atoms with van der Waals surface area (Å²) in [5, 5.41) is 16.0. The fourth-order valence-electron chi connectivity index (χ4n) is 3.54. The van der Waals surface area contributed by atoms with Crippen LogP contribution in [0.2, 0.25) is 0 Å². The fourth-order valence-corrected chi connectivity index (χ4v) is 3.54. The number of nitrogens with one attached hydrogen (secondary N) is 2. The van der Waals surface area contributed by atoms with Crippen LogP contribution in [0.15, 0.2) is 42.5 Å². The minimum Gasteiger partial charge on any atom is -0.348 e. The van der Waals surface area contributed by atoms with Crippen molar-refractivity contribution in [2.75, 3.05) is 25.0 Å². The summed E-state index contributed by atoms with van der Waals surface area (Å²) in [4.78, 5) is 48.8. The molecule has 3 rings (SSSR count). The monoisotopic (exact) mass is 442 g/mol. The first-order valence-electron chi connectivity index (χ1n) is 10.1. The standard InChI is InChI=1S/C22H23FN4O5/c1-14-6-7-18(19(12-14)27(31)32)25-21(29)20(28)24-13-15-8-10-26(11-9-15)22(30)16-4-2-3-5-17(16)23/h2-7,12,15H,8-11,13H2,1H3,(H,24,28)(H,25,29). The zero-order valence-electron chi connectivity index (χ0n) is 17.5. The van der Waals surface area contributed by atoms with Crippen molar-refractivity contribution < 1.29 is 23.7 Å². The number of anilines is 1. The van der Waals surface area contributed by atoms with Crippen LogP contribution in [0.4, 0.5) is 15.8 Å². The maximum absolute atomic E-state index is 13.8. The van der Waals surface area contributed by atoms with E-state index in [9.17, 15) is 28.9 Å². The van der Waals surface area contributed by atoms with Gasteiger partial charge in [-0.05, 0) is 49.4 Å². The lowest BCUT2D eigenvalue weighted by Crippen LogP contribution is -2.43. The van der Waals surface area contributed by atoms with Crippen molar-refractivity contribution in [2.45, 2.75) is 19.8 Å². The van der Waals surface area contributed by atoms with E-state index in [-0.39, 0.29) is 35.3 Å². The molecule has 1 aliphatic rings. The molecule has 10 heteroatoms. The van der Waals surface area contributed by atoms with Crippen molar-refractivity contribution in [3.63, 3.8) is 0 Å². The van der Waals surface area contributed by atoms with Gasteiger partial charge in [0.1, 0.15) is 11.5 Å². The maximum atomic E-state index is 13.8. The molecule has 0 bridgehead atoms. The van der Waals surface area contributed by atoms with E-state index in [1.807, 2.05) is 0 Å². The van der Waals surface area contributed by atoms with Crippen LogP contribution in [0.25, 0.3) is 0 Å². The molecule has 1 aliphatic heterocycles. The average molecular weight is 442 g/mol. The highest BCUT2D eigenvalue weighted by molar-refractivity contribution is 6.39. The van der Waals surface area contributed by atoms with Gasteiger partial charge in [-0.3, -0.25) is 24.5 Å². The van der Waals surface area contributed by atoms with E-state index in [2.05, 4.69) is 10.6 Å². The number of nitrogens with zero attached hydrogens (tertiary/aromatic N) is 2. The van der Waals surface area contributed by atoms with Crippen molar-refractivity contribution in [1.29, 1.82) is 0 Å². The number of carbonyl (C=O) groups is 3. The normalized spacial score (nSPS) is 14.0. The predicted molar refractivity (Wildman–Crippen MR) is 115 cm³/mol. The van der Waals surface area contributed by atoms with Gasteiger partial charge in [0, 0.05) is 25.7 Å². The summed E-state index contributed by atoms with van der Waals surface area (Å²) in [6.45, 7) is 2.73. The quantitative estimate of drug-likeness (QED) is 0.419. The van der Waals surface area contributed by atoms with E-state index in [4.69, 9.17) is 0 Å². The number of amides is 3. The smallest absolute Gasteiger partial charge is 0.313 e. The van der Waals surface area contributed by atoms with Gasteiger partial charge in [0.15, 0.2) is 0 Å². The third-order valence-corrected chi connectivity index (χ3v) is 5.36.